The summed E-state index contributed by atoms with van der Waals surface area (Å²) in [6, 6.07) is 12.4. The molecule has 0 saturated carbocycles. The van der Waals surface area contributed by atoms with Crippen molar-refractivity contribution < 1.29 is 21.1 Å². The minimum Gasteiger partial charge on any atom is -0.304 e. The van der Waals surface area contributed by atoms with Crippen molar-refractivity contribution in [3.8, 4) is 11.3 Å². The molecule has 0 aliphatic heterocycles. The number of hydrogen-bond donors (Lipinski definition) is 0. The first-order valence-electron chi connectivity index (χ1n) is 4.58. The minimum atomic E-state index is 0. The molecule has 3 heteroatoms. The second kappa shape index (κ2) is 4.76. The van der Waals surface area contributed by atoms with Crippen LogP contribution in [0.15, 0.2) is 18.2 Å². The summed E-state index contributed by atoms with van der Waals surface area (Å²) in [5.41, 5.74) is 4.11. The van der Waals surface area contributed by atoms with Crippen molar-refractivity contribution in [1.29, 1.82) is 0 Å². The van der Waals surface area contributed by atoms with Gasteiger partial charge in [0.15, 0.2) is 0 Å². The summed E-state index contributed by atoms with van der Waals surface area (Å²) >= 11 is 0. The number of hydrogen-bond acceptors (Lipinski definition) is 1. The molecule has 0 radical (unpaired) electrons. The van der Waals surface area contributed by atoms with Crippen LogP contribution >= 0.6 is 0 Å². The zero-order valence-corrected chi connectivity index (χ0v) is 12.0. The van der Waals surface area contributed by atoms with Crippen LogP contribution in [0.4, 0.5) is 0 Å². The van der Waals surface area contributed by atoms with Crippen molar-refractivity contribution in [2.24, 2.45) is 7.05 Å². The standard InChI is InChI=1S/C12H12N2.W/c1-9-4-6-11(7-5-9)12-8-10(2)14(3)13-12;/h4-6H,1-3H3;/q-2;+2. The zero-order chi connectivity index (χ0) is 10.1. The van der Waals surface area contributed by atoms with E-state index in [4.69, 9.17) is 0 Å². The van der Waals surface area contributed by atoms with E-state index in [0.29, 0.717) is 0 Å². The van der Waals surface area contributed by atoms with Crippen LogP contribution in [0, 0.1) is 26.0 Å². The number of benzene rings is 1. The van der Waals surface area contributed by atoms with E-state index in [-0.39, 0.29) is 21.1 Å². The van der Waals surface area contributed by atoms with E-state index in [1.54, 1.807) is 0 Å². The Hall–Kier alpha value is -0.882. The van der Waals surface area contributed by atoms with Crippen molar-refractivity contribution in [1.82, 2.24) is 9.78 Å². The van der Waals surface area contributed by atoms with Gasteiger partial charge >= 0.3 is 21.1 Å². The SMILES string of the molecule is Cc1c[c-]c(-c2[c-]c(C)n(C)n2)cc1.[W+2]. The molecule has 0 aliphatic carbocycles. The molecule has 0 bridgehead atoms. The fourth-order valence-electron chi connectivity index (χ4n) is 1.27. The average molecular weight is 368 g/mol. The number of aromatic nitrogens is 2. The van der Waals surface area contributed by atoms with E-state index < -0.39 is 0 Å². The van der Waals surface area contributed by atoms with Gasteiger partial charge in [0.2, 0.25) is 0 Å². The molecule has 1 heterocycles. The Morgan fingerprint density at radius 2 is 2.00 bits per heavy atom. The van der Waals surface area contributed by atoms with Crippen LogP contribution in [0.2, 0.25) is 0 Å². The van der Waals surface area contributed by atoms with Crippen LogP contribution in [0.5, 0.6) is 0 Å². The van der Waals surface area contributed by atoms with Gasteiger partial charge in [0, 0.05) is 7.05 Å². The smallest absolute Gasteiger partial charge is 0.304 e. The van der Waals surface area contributed by atoms with Gasteiger partial charge in [-0.2, -0.15) is 17.8 Å². The molecular weight excluding hydrogens is 356 g/mol. The van der Waals surface area contributed by atoms with Gasteiger partial charge < -0.3 is 4.68 Å². The Labute approximate surface area is 105 Å². The van der Waals surface area contributed by atoms with Crippen LogP contribution in [0.3, 0.4) is 0 Å². The van der Waals surface area contributed by atoms with Crippen LogP contribution in [-0.2, 0) is 28.1 Å². The van der Waals surface area contributed by atoms with Crippen LogP contribution in [0.25, 0.3) is 11.3 Å². The third-order valence-corrected chi connectivity index (χ3v) is 2.26. The monoisotopic (exact) mass is 368 g/mol. The summed E-state index contributed by atoms with van der Waals surface area (Å²) in [5.74, 6) is 0. The van der Waals surface area contributed by atoms with Gasteiger partial charge in [-0.3, -0.25) is 16.7 Å². The maximum atomic E-state index is 4.34. The molecule has 1 aromatic heterocycles. The van der Waals surface area contributed by atoms with Crippen molar-refractivity contribution in [2.45, 2.75) is 13.8 Å². The third kappa shape index (κ3) is 2.57. The first kappa shape index (κ1) is 12.2. The Morgan fingerprint density at radius 1 is 1.27 bits per heavy atom. The normalized spacial score (nSPS) is 9.80. The second-order valence-electron chi connectivity index (χ2n) is 3.46. The van der Waals surface area contributed by atoms with Gasteiger partial charge in [-0.25, -0.2) is 12.1 Å². The fraction of sp³-hybridized carbons (Fsp3) is 0.250. The summed E-state index contributed by atoms with van der Waals surface area (Å²) in [6.45, 7) is 4.04. The first-order chi connectivity index (χ1) is 6.66. The Kier molecular flexibility index (Phi) is 3.87. The van der Waals surface area contributed by atoms with E-state index in [1.807, 2.05) is 37.7 Å². The van der Waals surface area contributed by atoms with E-state index in [1.165, 1.54) is 5.56 Å². The summed E-state index contributed by atoms with van der Waals surface area (Å²) in [6.07, 6.45) is 0. The molecule has 1 aromatic carbocycles. The van der Waals surface area contributed by atoms with Gasteiger partial charge in [0.25, 0.3) is 0 Å². The Bertz CT molecular complexity index is 424. The van der Waals surface area contributed by atoms with Crippen molar-refractivity contribution in [3.63, 3.8) is 0 Å². The van der Waals surface area contributed by atoms with E-state index >= 15 is 0 Å². The number of nitrogens with zero attached hydrogens (tertiary/aromatic N) is 2. The van der Waals surface area contributed by atoms with Gasteiger partial charge in [-0.15, -0.1) is 5.56 Å². The Balaban J connectivity index is 0.00000112. The summed E-state index contributed by atoms with van der Waals surface area (Å²) in [4.78, 5) is 0. The van der Waals surface area contributed by atoms with Crippen molar-refractivity contribution in [2.75, 3.05) is 0 Å². The van der Waals surface area contributed by atoms with Crippen LogP contribution in [0.1, 0.15) is 11.3 Å². The number of aryl methyl sites for hydroxylation is 3. The molecule has 0 spiro atoms. The molecule has 2 rings (SSSR count). The second-order valence-corrected chi connectivity index (χ2v) is 3.46. The van der Waals surface area contributed by atoms with E-state index in [9.17, 15) is 0 Å². The molecule has 15 heavy (non-hydrogen) atoms. The van der Waals surface area contributed by atoms with E-state index in [0.717, 1.165) is 17.0 Å². The maximum Gasteiger partial charge on any atom is 2.00 e. The molecule has 0 atom stereocenters. The maximum absolute atomic E-state index is 4.34. The molecule has 2 nitrogen and oxygen atoms in total. The molecule has 0 unspecified atom stereocenters. The third-order valence-electron chi connectivity index (χ3n) is 2.26. The fourth-order valence-corrected chi connectivity index (χ4v) is 1.27. The van der Waals surface area contributed by atoms with Gasteiger partial charge in [-0.1, -0.05) is 12.6 Å². The summed E-state index contributed by atoms with van der Waals surface area (Å²) in [7, 11) is 1.92. The molecule has 0 aliphatic rings. The molecule has 0 saturated heterocycles. The topological polar surface area (TPSA) is 17.8 Å². The molecule has 76 valence electrons. The molecule has 0 fully saturated rings. The summed E-state index contributed by atoms with van der Waals surface area (Å²) in [5, 5.41) is 4.34. The van der Waals surface area contributed by atoms with Gasteiger partial charge in [-0.05, 0) is 6.92 Å². The van der Waals surface area contributed by atoms with Crippen molar-refractivity contribution >= 4 is 0 Å². The Morgan fingerprint density at radius 3 is 2.47 bits per heavy atom. The van der Waals surface area contributed by atoms with Gasteiger partial charge in [0.1, 0.15) is 0 Å². The van der Waals surface area contributed by atoms with Gasteiger partial charge in [0.05, 0.1) is 0 Å². The quantitative estimate of drug-likeness (QED) is 0.707. The van der Waals surface area contributed by atoms with Crippen LogP contribution in [-0.4, -0.2) is 9.78 Å². The molecule has 2 aromatic rings. The molecular formula is C12H12N2W. The summed E-state index contributed by atoms with van der Waals surface area (Å²) < 4.78 is 1.82. The number of rotatable bonds is 1. The predicted molar refractivity (Wildman–Crippen MR) is 55.8 cm³/mol. The zero-order valence-electron chi connectivity index (χ0n) is 9.03. The van der Waals surface area contributed by atoms with Crippen molar-refractivity contribution in [3.05, 3.63) is 41.6 Å². The van der Waals surface area contributed by atoms with Crippen LogP contribution < -0.4 is 0 Å². The first-order valence-corrected chi connectivity index (χ1v) is 4.58. The minimum absolute atomic E-state index is 0. The predicted octanol–water partition coefficient (Wildman–Crippen LogP) is 2.30. The largest absolute Gasteiger partial charge is 2.00 e. The van der Waals surface area contributed by atoms with E-state index in [2.05, 4.69) is 23.3 Å². The molecule has 0 N–H and O–H groups in total. The molecule has 0 amide bonds. The average Bonchev–Trinajstić information content (AvgIpc) is 2.48.